The molecule has 0 fully saturated rings. The van der Waals surface area contributed by atoms with Gasteiger partial charge in [-0.05, 0) is 36.8 Å². The first-order chi connectivity index (χ1) is 11.0. The SMILES string of the molecule is Cc1ccc(O)c(N=Nc2c(CC(=O)O)nc3ccccn23)c1. The van der Waals surface area contributed by atoms with Gasteiger partial charge in [-0.25, -0.2) is 4.98 Å². The predicted octanol–water partition coefficient (Wildman–Crippen LogP) is 3.39. The van der Waals surface area contributed by atoms with E-state index in [-0.39, 0.29) is 12.2 Å². The zero-order chi connectivity index (χ0) is 16.4. The molecule has 2 heterocycles. The third-order valence-corrected chi connectivity index (χ3v) is 3.28. The van der Waals surface area contributed by atoms with Gasteiger partial charge in [-0.1, -0.05) is 12.1 Å². The molecule has 23 heavy (non-hydrogen) atoms. The Morgan fingerprint density at radius 3 is 2.87 bits per heavy atom. The van der Waals surface area contributed by atoms with Crippen molar-refractivity contribution in [3.63, 3.8) is 0 Å². The number of aromatic nitrogens is 2. The quantitative estimate of drug-likeness (QED) is 0.721. The highest BCUT2D eigenvalue weighted by Crippen LogP contribution is 2.30. The Balaban J connectivity index is 2.09. The van der Waals surface area contributed by atoms with Crippen LogP contribution in [0.1, 0.15) is 11.3 Å². The number of azo groups is 1. The standard InChI is InChI=1S/C16H14N4O3/c1-10-5-6-13(21)11(8-10)18-19-16-12(9-15(22)23)17-14-4-2-3-7-20(14)16/h2-8,21H,9H2,1H3,(H,22,23). The maximum Gasteiger partial charge on any atom is 0.309 e. The van der Waals surface area contributed by atoms with Gasteiger partial charge in [-0.15, -0.1) is 10.2 Å². The van der Waals surface area contributed by atoms with Crippen LogP contribution in [-0.4, -0.2) is 25.6 Å². The molecule has 0 unspecified atom stereocenters. The second-order valence-corrected chi connectivity index (χ2v) is 5.07. The van der Waals surface area contributed by atoms with Crippen LogP contribution < -0.4 is 0 Å². The van der Waals surface area contributed by atoms with Crippen molar-refractivity contribution in [1.82, 2.24) is 9.38 Å². The summed E-state index contributed by atoms with van der Waals surface area (Å²) < 4.78 is 1.66. The van der Waals surface area contributed by atoms with Crippen LogP contribution in [-0.2, 0) is 11.2 Å². The number of phenolic OH excluding ortho intramolecular Hbond substituents is 1. The number of fused-ring (bicyclic) bond motifs is 1. The normalized spacial score (nSPS) is 11.3. The first-order valence-electron chi connectivity index (χ1n) is 6.93. The van der Waals surface area contributed by atoms with Gasteiger partial charge in [-0.2, -0.15) is 0 Å². The summed E-state index contributed by atoms with van der Waals surface area (Å²) in [5.74, 6) is -0.653. The Bertz CT molecular complexity index is 915. The highest BCUT2D eigenvalue weighted by atomic mass is 16.4. The van der Waals surface area contributed by atoms with Crippen LogP contribution in [0.4, 0.5) is 11.5 Å². The lowest BCUT2D eigenvalue weighted by Gasteiger charge is -2.00. The number of carboxylic acid groups (broad SMARTS) is 1. The van der Waals surface area contributed by atoms with Gasteiger partial charge in [0, 0.05) is 6.20 Å². The largest absolute Gasteiger partial charge is 0.506 e. The number of carbonyl (C=O) groups is 1. The van der Waals surface area contributed by atoms with E-state index in [0.717, 1.165) is 5.56 Å². The average Bonchev–Trinajstić information content (AvgIpc) is 2.85. The smallest absolute Gasteiger partial charge is 0.309 e. The minimum Gasteiger partial charge on any atom is -0.506 e. The molecule has 0 aliphatic carbocycles. The van der Waals surface area contributed by atoms with Gasteiger partial charge in [0.2, 0.25) is 0 Å². The number of carboxylic acids is 1. The Kier molecular flexibility index (Phi) is 3.76. The summed E-state index contributed by atoms with van der Waals surface area (Å²) in [7, 11) is 0. The molecule has 7 heteroatoms. The lowest BCUT2D eigenvalue weighted by molar-refractivity contribution is -0.136. The molecule has 0 saturated heterocycles. The lowest BCUT2D eigenvalue weighted by Crippen LogP contribution is -2.00. The van der Waals surface area contributed by atoms with Crippen LogP contribution in [0.15, 0.2) is 52.8 Å². The summed E-state index contributed by atoms with van der Waals surface area (Å²) in [5, 5.41) is 27.0. The van der Waals surface area contributed by atoms with Gasteiger partial charge in [0.1, 0.15) is 17.1 Å². The number of nitrogens with zero attached hydrogens (tertiary/aromatic N) is 4. The highest BCUT2D eigenvalue weighted by Gasteiger charge is 2.14. The zero-order valence-corrected chi connectivity index (χ0v) is 12.3. The number of rotatable bonds is 4. The van der Waals surface area contributed by atoms with Crippen LogP contribution >= 0.6 is 0 Å². The molecule has 2 aromatic heterocycles. The molecule has 2 N–H and O–H groups in total. The van der Waals surface area contributed by atoms with Crippen molar-refractivity contribution in [1.29, 1.82) is 0 Å². The second kappa shape index (κ2) is 5.88. The molecule has 0 aliphatic heterocycles. The molecule has 0 amide bonds. The third kappa shape index (κ3) is 3.03. The first-order valence-corrected chi connectivity index (χ1v) is 6.93. The molecule has 116 valence electrons. The maximum atomic E-state index is 11.0. The molecule has 3 aromatic rings. The van der Waals surface area contributed by atoms with Gasteiger partial charge < -0.3 is 10.2 Å². The Morgan fingerprint density at radius 1 is 1.26 bits per heavy atom. The minimum absolute atomic E-state index is 0.00737. The summed E-state index contributed by atoms with van der Waals surface area (Å²) in [4.78, 5) is 15.3. The molecule has 3 rings (SSSR count). The molecule has 0 aliphatic rings. The van der Waals surface area contributed by atoms with Crippen LogP contribution in [0.25, 0.3) is 5.65 Å². The number of phenols is 1. The van der Waals surface area contributed by atoms with E-state index in [0.29, 0.717) is 22.8 Å². The van der Waals surface area contributed by atoms with Crippen molar-refractivity contribution < 1.29 is 15.0 Å². The highest BCUT2D eigenvalue weighted by molar-refractivity contribution is 5.72. The Morgan fingerprint density at radius 2 is 2.09 bits per heavy atom. The number of benzene rings is 1. The van der Waals surface area contributed by atoms with E-state index >= 15 is 0 Å². The monoisotopic (exact) mass is 310 g/mol. The Hall–Kier alpha value is -3.22. The predicted molar refractivity (Wildman–Crippen MR) is 83.6 cm³/mol. The molecule has 0 radical (unpaired) electrons. The fraction of sp³-hybridized carbons (Fsp3) is 0.125. The summed E-state index contributed by atoms with van der Waals surface area (Å²) in [6, 6.07) is 10.4. The fourth-order valence-electron chi connectivity index (χ4n) is 2.21. The summed E-state index contributed by atoms with van der Waals surface area (Å²) in [5.41, 5.74) is 2.16. The summed E-state index contributed by atoms with van der Waals surface area (Å²) in [6.45, 7) is 1.88. The first kappa shape index (κ1) is 14.7. The van der Waals surface area contributed by atoms with E-state index in [1.807, 2.05) is 6.92 Å². The summed E-state index contributed by atoms with van der Waals surface area (Å²) in [6.07, 6.45) is 1.48. The van der Waals surface area contributed by atoms with Gasteiger partial charge in [0.05, 0.1) is 12.1 Å². The van der Waals surface area contributed by atoms with Gasteiger partial charge in [0.25, 0.3) is 0 Å². The van der Waals surface area contributed by atoms with Crippen molar-refractivity contribution >= 4 is 23.1 Å². The molecule has 0 bridgehead atoms. The number of imidazole rings is 1. The number of aromatic hydroxyl groups is 1. The molecular weight excluding hydrogens is 296 g/mol. The lowest BCUT2D eigenvalue weighted by atomic mass is 10.2. The maximum absolute atomic E-state index is 11.0. The second-order valence-electron chi connectivity index (χ2n) is 5.07. The van der Waals surface area contributed by atoms with Gasteiger partial charge in [0.15, 0.2) is 5.82 Å². The van der Waals surface area contributed by atoms with E-state index < -0.39 is 5.97 Å². The van der Waals surface area contributed by atoms with Crippen molar-refractivity contribution in [2.45, 2.75) is 13.3 Å². The van der Waals surface area contributed by atoms with Crippen molar-refractivity contribution in [3.8, 4) is 5.75 Å². The van der Waals surface area contributed by atoms with Crippen LogP contribution in [0.2, 0.25) is 0 Å². The molecule has 0 spiro atoms. The fourth-order valence-corrected chi connectivity index (χ4v) is 2.21. The van der Waals surface area contributed by atoms with E-state index in [1.54, 1.807) is 40.9 Å². The molecule has 7 nitrogen and oxygen atoms in total. The number of pyridine rings is 1. The van der Waals surface area contributed by atoms with E-state index in [4.69, 9.17) is 5.11 Å². The van der Waals surface area contributed by atoms with Gasteiger partial charge >= 0.3 is 5.97 Å². The van der Waals surface area contributed by atoms with Crippen LogP contribution in [0.5, 0.6) is 5.75 Å². The summed E-state index contributed by atoms with van der Waals surface area (Å²) >= 11 is 0. The van der Waals surface area contributed by atoms with Crippen LogP contribution in [0, 0.1) is 6.92 Å². The van der Waals surface area contributed by atoms with Crippen LogP contribution in [0.3, 0.4) is 0 Å². The minimum atomic E-state index is -0.997. The van der Waals surface area contributed by atoms with E-state index in [9.17, 15) is 9.90 Å². The average molecular weight is 310 g/mol. The van der Waals surface area contributed by atoms with Crippen molar-refractivity contribution in [2.75, 3.05) is 0 Å². The Labute approximate surface area is 131 Å². The number of aryl methyl sites for hydroxylation is 1. The van der Waals surface area contributed by atoms with Gasteiger partial charge in [-0.3, -0.25) is 9.20 Å². The molecule has 0 atom stereocenters. The molecule has 1 aromatic carbocycles. The zero-order valence-electron chi connectivity index (χ0n) is 12.3. The van der Waals surface area contributed by atoms with Crippen molar-refractivity contribution in [3.05, 3.63) is 53.9 Å². The third-order valence-electron chi connectivity index (χ3n) is 3.28. The van der Waals surface area contributed by atoms with E-state index in [1.165, 1.54) is 6.07 Å². The topological polar surface area (TPSA) is 99.5 Å². The number of aliphatic carboxylic acids is 1. The molecule has 0 saturated carbocycles. The van der Waals surface area contributed by atoms with Crippen molar-refractivity contribution in [2.24, 2.45) is 10.2 Å². The molecular formula is C16H14N4O3. The number of hydrogen-bond acceptors (Lipinski definition) is 5. The van der Waals surface area contributed by atoms with E-state index in [2.05, 4.69) is 15.2 Å². The number of hydrogen-bond donors (Lipinski definition) is 2.